The third kappa shape index (κ3) is 3.89. The van der Waals surface area contributed by atoms with E-state index in [1.54, 1.807) is 0 Å². The minimum Gasteiger partial charge on any atom is -0.453 e. The largest absolute Gasteiger partial charge is 0.453 e. The molecule has 0 bridgehead atoms. The first-order chi connectivity index (χ1) is 13.3. The van der Waals surface area contributed by atoms with Crippen molar-refractivity contribution < 1.29 is 9.53 Å². The van der Waals surface area contributed by atoms with Crippen LogP contribution < -0.4 is 10.6 Å². The van der Waals surface area contributed by atoms with Crippen LogP contribution in [-0.2, 0) is 4.74 Å². The van der Waals surface area contributed by atoms with E-state index in [1.165, 1.54) is 37.0 Å². The van der Waals surface area contributed by atoms with Crippen molar-refractivity contribution in [1.29, 1.82) is 0 Å². The van der Waals surface area contributed by atoms with E-state index < -0.39 is 7.92 Å². The van der Waals surface area contributed by atoms with Crippen molar-refractivity contribution in [3.63, 3.8) is 0 Å². The molecule has 1 amide bonds. The van der Waals surface area contributed by atoms with Crippen LogP contribution in [0.15, 0.2) is 60.7 Å². The number of ether oxygens (including phenoxy) is 1. The van der Waals surface area contributed by atoms with Gasteiger partial charge in [0.2, 0.25) is 0 Å². The summed E-state index contributed by atoms with van der Waals surface area (Å²) in [4.78, 5) is 14.4. The lowest BCUT2D eigenvalue weighted by Crippen LogP contribution is -2.39. The molecule has 27 heavy (non-hydrogen) atoms. The zero-order valence-electron chi connectivity index (χ0n) is 16.0. The SMILES string of the molecule is COC(=O)N1CC(CP(c2ccccc2)c2ccccc2)[C@@H]2CCCC[C@@H]21. The molecule has 2 aromatic rings. The fourth-order valence-electron chi connectivity index (χ4n) is 4.93. The van der Waals surface area contributed by atoms with Crippen molar-refractivity contribution in [2.45, 2.75) is 31.7 Å². The Morgan fingerprint density at radius 1 is 1.00 bits per heavy atom. The summed E-state index contributed by atoms with van der Waals surface area (Å²) in [5.74, 6) is 1.18. The zero-order chi connectivity index (χ0) is 18.6. The van der Waals surface area contributed by atoms with Crippen molar-refractivity contribution in [3.05, 3.63) is 60.7 Å². The van der Waals surface area contributed by atoms with Crippen LogP contribution in [0, 0.1) is 11.8 Å². The summed E-state index contributed by atoms with van der Waals surface area (Å²) >= 11 is 0. The van der Waals surface area contributed by atoms with Crippen LogP contribution >= 0.6 is 7.92 Å². The second-order valence-electron chi connectivity index (χ2n) is 7.68. The van der Waals surface area contributed by atoms with Crippen LogP contribution in [-0.4, -0.2) is 36.9 Å². The number of hydrogen-bond acceptors (Lipinski definition) is 2. The average molecular weight is 381 g/mol. The fourth-order valence-corrected chi connectivity index (χ4v) is 7.57. The number of amides is 1. The molecule has 1 aliphatic carbocycles. The quantitative estimate of drug-likeness (QED) is 0.736. The lowest BCUT2D eigenvalue weighted by Gasteiger charge is -2.32. The Morgan fingerprint density at radius 3 is 2.19 bits per heavy atom. The van der Waals surface area contributed by atoms with Gasteiger partial charge in [0, 0.05) is 12.6 Å². The highest BCUT2D eigenvalue weighted by atomic mass is 31.1. The van der Waals surface area contributed by atoms with Gasteiger partial charge in [-0.15, -0.1) is 0 Å². The van der Waals surface area contributed by atoms with Crippen LogP contribution in [0.3, 0.4) is 0 Å². The Morgan fingerprint density at radius 2 is 1.59 bits per heavy atom. The van der Waals surface area contributed by atoms with Gasteiger partial charge in [0.15, 0.2) is 0 Å². The molecule has 2 aromatic carbocycles. The normalized spacial score (nSPS) is 24.7. The van der Waals surface area contributed by atoms with Gasteiger partial charge in [-0.2, -0.15) is 0 Å². The maximum atomic E-state index is 12.3. The molecule has 1 unspecified atom stereocenters. The topological polar surface area (TPSA) is 29.5 Å². The average Bonchev–Trinajstić information content (AvgIpc) is 3.11. The lowest BCUT2D eigenvalue weighted by molar-refractivity contribution is 0.106. The van der Waals surface area contributed by atoms with Crippen molar-refractivity contribution in [1.82, 2.24) is 4.90 Å². The van der Waals surface area contributed by atoms with Crippen LogP contribution in [0.5, 0.6) is 0 Å². The third-order valence-corrected chi connectivity index (χ3v) is 8.86. The molecule has 1 saturated heterocycles. The second kappa shape index (κ2) is 8.44. The van der Waals surface area contributed by atoms with Crippen molar-refractivity contribution in [2.75, 3.05) is 19.8 Å². The Hall–Kier alpha value is -1.86. The van der Waals surface area contributed by atoms with E-state index in [9.17, 15) is 4.79 Å². The molecule has 3 atom stereocenters. The number of methoxy groups -OCH3 is 1. The Kier molecular flexibility index (Phi) is 5.78. The summed E-state index contributed by atoms with van der Waals surface area (Å²) in [5.41, 5.74) is 0. The molecular weight excluding hydrogens is 353 g/mol. The molecule has 4 rings (SSSR count). The predicted octanol–water partition coefficient (Wildman–Crippen LogP) is 4.38. The van der Waals surface area contributed by atoms with Crippen molar-refractivity contribution >= 4 is 24.6 Å². The van der Waals surface area contributed by atoms with Gasteiger partial charge in [-0.3, -0.25) is 0 Å². The number of rotatable bonds is 4. The molecule has 1 saturated carbocycles. The smallest absolute Gasteiger partial charge is 0.409 e. The van der Waals surface area contributed by atoms with Gasteiger partial charge >= 0.3 is 6.09 Å². The summed E-state index contributed by atoms with van der Waals surface area (Å²) < 4.78 is 5.10. The van der Waals surface area contributed by atoms with Gasteiger partial charge in [0.25, 0.3) is 0 Å². The van der Waals surface area contributed by atoms with Crippen LogP contribution in [0.25, 0.3) is 0 Å². The molecule has 1 aliphatic heterocycles. The van der Waals surface area contributed by atoms with Gasteiger partial charge in [-0.1, -0.05) is 73.5 Å². The zero-order valence-corrected chi connectivity index (χ0v) is 16.9. The van der Waals surface area contributed by atoms with Crippen LogP contribution in [0.1, 0.15) is 25.7 Å². The summed E-state index contributed by atoms with van der Waals surface area (Å²) in [6.45, 7) is 0.848. The van der Waals surface area contributed by atoms with Crippen LogP contribution in [0.2, 0.25) is 0 Å². The number of benzene rings is 2. The third-order valence-electron chi connectivity index (χ3n) is 6.18. The Bertz CT molecular complexity index is 712. The van der Waals surface area contributed by atoms with E-state index in [1.807, 2.05) is 4.90 Å². The lowest BCUT2D eigenvalue weighted by atomic mass is 9.80. The molecule has 0 radical (unpaired) electrons. The molecule has 2 fully saturated rings. The van der Waals surface area contributed by atoms with E-state index >= 15 is 0 Å². The first-order valence-corrected chi connectivity index (χ1v) is 11.5. The Balaban J connectivity index is 1.61. The first kappa shape index (κ1) is 18.5. The van der Waals surface area contributed by atoms with E-state index in [2.05, 4.69) is 60.7 Å². The minimum atomic E-state index is -0.416. The molecule has 4 heteroatoms. The number of nitrogens with zero attached hydrogens (tertiary/aromatic N) is 1. The molecule has 2 aliphatic rings. The maximum absolute atomic E-state index is 12.3. The summed E-state index contributed by atoms with van der Waals surface area (Å²) in [7, 11) is 1.09. The number of fused-ring (bicyclic) bond motifs is 1. The van der Waals surface area contributed by atoms with E-state index in [-0.39, 0.29) is 6.09 Å². The summed E-state index contributed by atoms with van der Waals surface area (Å²) in [5, 5.41) is 2.87. The number of hydrogen-bond donors (Lipinski definition) is 0. The van der Waals surface area contributed by atoms with E-state index in [0.29, 0.717) is 17.9 Å². The molecule has 142 valence electrons. The fraction of sp³-hybridized carbons (Fsp3) is 0.435. The molecule has 3 nitrogen and oxygen atoms in total. The molecule has 0 N–H and O–H groups in total. The van der Waals surface area contributed by atoms with Gasteiger partial charge in [-0.25, -0.2) is 4.79 Å². The van der Waals surface area contributed by atoms with Crippen molar-refractivity contribution in [2.24, 2.45) is 11.8 Å². The standard InChI is InChI=1S/C23H28NO2P/c1-26-23(25)24-16-18(21-14-8-9-15-22(21)24)17-27(19-10-4-2-5-11-19)20-12-6-3-7-13-20/h2-7,10-13,18,21-22H,8-9,14-17H2,1H3/t18?,21-,22-/m0/s1. The van der Waals surface area contributed by atoms with Gasteiger partial charge < -0.3 is 9.64 Å². The first-order valence-electron chi connectivity index (χ1n) is 10.00. The van der Waals surface area contributed by atoms with Gasteiger partial charge in [-0.05, 0) is 49.4 Å². The highest BCUT2D eigenvalue weighted by Crippen LogP contribution is 2.46. The van der Waals surface area contributed by atoms with Gasteiger partial charge in [0.1, 0.15) is 0 Å². The Labute approximate surface area is 163 Å². The number of likely N-dealkylation sites (tertiary alicyclic amines) is 1. The highest BCUT2D eigenvalue weighted by molar-refractivity contribution is 7.73. The molecule has 0 aromatic heterocycles. The molecule has 0 spiro atoms. The van der Waals surface area contributed by atoms with Crippen LogP contribution in [0.4, 0.5) is 4.79 Å². The predicted molar refractivity (Wildman–Crippen MR) is 112 cm³/mol. The number of carbonyl (C=O) groups is 1. The minimum absolute atomic E-state index is 0.141. The van der Waals surface area contributed by atoms with E-state index in [0.717, 1.165) is 19.1 Å². The maximum Gasteiger partial charge on any atom is 0.409 e. The van der Waals surface area contributed by atoms with Gasteiger partial charge in [0.05, 0.1) is 7.11 Å². The monoisotopic (exact) mass is 381 g/mol. The number of carbonyl (C=O) groups excluding carboxylic acids is 1. The second-order valence-corrected chi connectivity index (χ2v) is 9.93. The highest BCUT2D eigenvalue weighted by Gasteiger charge is 2.45. The molecular formula is C23H28NO2P. The summed E-state index contributed by atoms with van der Waals surface area (Å²) in [6, 6.07) is 22.2. The summed E-state index contributed by atoms with van der Waals surface area (Å²) in [6.07, 6.45) is 5.91. The van der Waals surface area contributed by atoms with E-state index in [4.69, 9.17) is 4.74 Å². The van der Waals surface area contributed by atoms with Crippen molar-refractivity contribution in [3.8, 4) is 0 Å². The molecule has 1 heterocycles.